The maximum atomic E-state index is 11.7. The van der Waals surface area contributed by atoms with Crippen molar-refractivity contribution in [2.75, 3.05) is 6.54 Å². The maximum Gasteiger partial charge on any atom is 0.323 e. The molecule has 17 heavy (non-hydrogen) atoms. The molecule has 1 N–H and O–H groups in total. The van der Waals surface area contributed by atoms with Crippen molar-refractivity contribution in [1.82, 2.24) is 4.90 Å². The van der Waals surface area contributed by atoms with Crippen LogP contribution in [0, 0.1) is 0 Å². The van der Waals surface area contributed by atoms with Crippen LogP contribution in [-0.4, -0.2) is 28.4 Å². The van der Waals surface area contributed by atoms with E-state index in [0.29, 0.717) is 6.42 Å². The van der Waals surface area contributed by atoms with E-state index < -0.39 is 5.97 Å². The molecule has 4 heteroatoms. The van der Waals surface area contributed by atoms with Gasteiger partial charge in [-0.25, -0.2) is 0 Å². The first-order valence-electron chi connectivity index (χ1n) is 5.62. The Labute approximate surface area is 101 Å². The van der Waals surface area contributed by atoms with E-state index in [1.165, 1.54) is 4.90 Å². The Morgan fingerprint density at radius 2 is 1.88 bits per heavy atom. The van der Waals surface area contributed by atoms with E-state index in [-0.39, 0.29) is 18.5 Å². The molecule has 0 unspecified atom stereocenters. The third-order valence-corrected chi connectivity index (χ3v) is 2.68. The summed E-state index contributed by atoms with van der Waals surface area (Å²) in [6, 6.07) is 9.20. The topological polar surface area (TPSA) is 57.6 Å². The summed E-state index contributed by atoms with van der Waals surface area (Å²) < 4.78 is 0. The van der Waals surface area contributed by atoms with Crippen molar-refractivity contribution in [2.24, 2.45) is 0 Å². The first kappa shape index (κ1) is 13.2. The standard InChI is InChI=1S/C13H17NO3/c1-3-12(15)14(9-13(16)17)10(2)11-7-5-4-6-8-11/h4-8,10H,3,9H2,1-2H3,(H,16,17)/t10-/m1/s1. The molecule has 0 heterocycles. The van der Waals surface area contributed by atoms with E-state index in [1.807, 2.05) is 37.3 Å². The zero-order chi connectivity index (χ0) is 12.8. The Kier molecular flexibility index (Phi) is 4.69. The van der Waals surface area contributed by atoms with Crippen LogP contribution in [0.5, 0.6) is 0 Å². The van der Waals surface area contributed by atoms with E-state index in [4.69, 9.17) is 5.11 Å². The fraction of sp³-hybridized carbons (Fsp3) is 0.385. The lowest BCUT2D eigenvalue weighted by Crippen LogP contribution is -2.37. The van der Waals surface area contributed by atoms with Gasteiger partial charge in [-0.2, -0.15) is 0 Å². The second kappa shape index (κ2) is 6.03. The average Bonchev–Trinajstić information content (AvgIpc) is 2.35. The van der Waals surface area contributed by atoms with Gasteiger partial charge < -0.3 is 10.0 Å². The van der Waals surface area contributed by atoms with Crippen molar-refractivity contribution in [1.29, 1.82) is 0 Å². The van der Waals surface area contributed by atoms with Crippen LogP contribution in [0.3, 0.4) is 0 Å². The molecule has 0 spiro atoms. The van der Waals surface area contributed by atoms with E-state index in [2.05, 4.69) is 0 Å². The number of rotatable bonds is 5. The number of nitrogens with zero attached hydrogens (tertiary/aromatic N) is 1. The summed E-state index contributed by atoms with van der Waals surface area (Å²) in [7, 11) is 0. The SMILES string of the molecule is CCC(=O)N(CC(=O)O)[C@H](C)c1ccccc1. The van der Waals surface area contributed by atoms with Crippen molar-refractivity contribution in [2.45, 2.75) is 26.3 Å². The van der Waals surface area contributed by atoms with Crippen LogP contribution in [0.4, 0.5) is 0 Å². The average molecular weight is 235 g/mol. The van der Waals surface area contributed by atoms with Gasteiger partial charge in [-0.15, -0.1) is 0 Å². The summed E-state index contributed by atoms with van der Waals surface area (Å²) in [5.41, 5.74) is 0.940. The molecular weight excluding hydrogens is 218 g/mol. The number of hydrogen-bond acceptors (Lipinski definition) is 2. The summed E-state index contributed by atoms with van der Waals surface area (Å²) in [6.07, 6.45) is 0.310. The highest BCUT2D eigenvalue weighted by molar-refractivity contribution is 5.81. The predicted octanol–water partition coefficient (Wildman–Crippen LogP) is 2.07. The van der Waals surface area contributed by atoms with E-state index >= 15 is 0 Å². The summed E-state index contributed by atoms with van der Waals surface area (Å²) >= 11 is 0. The molecule has 0 saturated heterocycles. The molecule has 0 aliphatic heterocycles. The van der Waals surface area contributed by atoms with Crippen LogP contribution in [0.1, 0.15) is 31.9 Å². The largest absolute Gasteiger partial charge is 0.480 e. The lowest BCUT2D eigenvalue weighted by atomic mass is 10.1. The number of aliphatic carboxylic acids is 1. The minimum Gasteiger partial charge on any atom is -0.480 e. The monoisotopic (exact) mass is 235 g/mol. The van der Waals surface area contributed by atoms with E-state index in [1.54, 1.807) is 6.92 Å². The van der Waals surface area contributed by atoms with Crippen LogP contribution < -0.4 is 0 Å². The molecule has 92 valence electrons. The van der Waals surface area contributed by atoms with Gasteiger partial charge in [0.15, 0.2) is 0 Å². The minimum absolute atomic E-state index is 0.149. The summed E-state index contributed by atoms with van der Waals surface area (Å²) in [5, 5.41) is 8.83. The fourth-order valence-corrected chi connectivity index (χ4v) is 1.70. The van der Waals surface area contributed by atoms with E-state index in [0.717, 1.165) is 5.56 Å². The second-order valence-corrected chi connectivity index (χ2v) is 3.86. The summed E-state index contributed by atoms with van der Waals surface area (Å²) in [4.78, 5) is 23.9. The van der Waals surface area contributed by atoms with E-state index in [9.17, 15) is 9.59 Å². The molecule has 1 aromatic rings. The Bertz CT molecular complexity index is 389. The molecule has 1 atom stereocenters. The summed E-state index contributed by atoms with van der Waals surface area (Å²) in [5.74, 6) is -1.14. The van der Waals surface area contributed by atoms with Crippen LogP contribution >= 0.6 is 0 Å². The van der Waals surface area contributed by atoms with Gasteiger partial charge in [0.2, 0.25) is 5.91 Å². The molecule has 0 aromatic heterocycles. The molecule has 1 aromatic carbocycles. The number of benzene rings is 1. The van der Waals surface area contributed by atoms with Gasteiger partial charge in [0.25, 0.3) is 0 Å². The minimum atomic E-state index is -0.991. The highest BCUT2D eigenvalue weighted by Crippen LogP contribution is 2.20. The van der Waals surface area contributed by atoms with Gasteiger partial charge in [-0.05, 0) is 12.5 Å². The van der Waals surface area contributed by atoms with Gasteiger partial charge in [0, 0.05) is 6.42 Å². The first-order valence-corrected chi connectivity index (χ1v) is 5.62. The van der Waals surface area contributed by atoms with Crippen molar-refractivity contribution in [3.8, 4) is 0 Å². The molecular formula is C13H17NO3. The highest BCUT2D eigenvalue weighted by atomic mass is 16.4. The van der Waals surface area contributed by atoms with Gasteiger partial charge in [-0.1, -0.05) is 37.3 Å². The van der Waals surface area contributed by atoms with Crippen molar-refractivity contribution in [3.63, 3.8) is 0 Å². The highest BCUT2D eigenvalue weighted by Gasteiger charge is 2.22. The normalized spacial score (nSPS) is 11.9. The molecule has 4 nitrogen and oxygen atoms in total. The number of hydrogen-bond donors (Lipinski definition) is 1. The van der Waals surface area contributed by atoms with Crippen molar-refractivity contribution in [3.05, 3.63) is 35.9 Å². The first-order chi connectivity index (χ1) is 8.06. The zero-order valence-corrected chi connectivity index (χ0v) is 10.1. The smallest absolute Gasteiger partial charge is 0.323 e. The van der Waals surface area contributed by atoms with Gasteiger partial charge in [0.1, 0.15) is 6.54 Å². The Balaban J connectivity index is 2.90. The molecule has 0 aliphatic carbocycles. The lowest BCUT2D eigenvalue weighted by molar-refractivity contribution is -0.146. The lowest BCUT2D eigenvalue weighted by Gasteiger charge is -2.27. The molecule has 1 rings (SSSR count). The van der Waals surface area contributed by atoms with Crippen molar-refractivity contribution < 1.29 is 14.7 Å². The fourth-order valence-electron chi connectivity index (χ4n) is 1.70. The zero-order valence-electron chi connectivity index (χ0n) is 10.1. The molecule has 0 fully saturated rings. The van der Waals surface area contributed by atoms with Crippen LogP contribution in [0.25, 0.3) is 0 Å². The van der Waals surface area contributed by atoms with Gasteiger partial charge >= 0.3 is 5.97 Å². The maximum absolute atomic E-state index is 11.7. The quantitative estimate of drug-likeness (QED) is 0.850. The van der Waals surface area contributed by atoms with Gasteiger partial charge in [0.05, 0.1) is 6.04 Å². The molecule has 0 radical (unpaired) electrons. The number of carbonyl (C=O) groups is 2. The number of amides is 1. The third kappa shape index (κ3) is 3.59. The number of carbonyl (C=O) groups excluding carboxylic acids is 1. The van der Waals surface area contributed by atoms with Crippen LogP contribution in [-0.2, 0) is 9.59 Å². The number of carboxylic acid groups (broad SMARTS) is 1. The third-order valence-electron chi connectivity index (χ3n) is 2.68. The Morgan fingerprint density at radius 3 is 2.35 bits per heavy atom. The summed E-state index contributed by atoms with van der Waals surface area (Å²) in [6.45, 7) is 3.31. The molecule has 1 amide bonds. The van der Waals surface area contributed by atoms with Gasteiger partial charge in [-0.3, -0.25) is 9.59 Å². The van der Waals surface area contributed by atoms with Crippen LogP contribution in [0.15, 0.2) is 30.3 Å². The molecule has 0 bridgehead atoms. The van der Waals surface area contributed by atoms with Crippen molar-refractivity contribution >= 4 is 11.9 Å². The Hall–Kier alpha value is -1.84. The second-order valence-electron chi connectivity index (χ2n) is 3.86. The van der Waals surface area contributed by atoms with Crippen LogP contribution in [0.2, 0.25) is 0 Å². The predicted molar refractivity (Wildman–Crippen MR) is 64.5 cm³/mol. The molecule has 0 saturated carbocycles. The molecule has 0 aliphatic rings. The number of carboxylic acids is 1. The Morgan fingerprint density at radius 1 is 1.29 bits per heavy atom.